The van der Waals surface area contributed by atoms with Gasteiger partial charge in [-0.1, -0.05) is 25.9 Å². The molecule has 0 aromatic carbocycles. The summed E-state index contributed by atoms with van der Waals surface area (Å²) in [6.07, 6.45) is 2.43. The van der Waals surface area contributed by atoms with E-state index in [0.29, 0.717) is 24.9 Å². The van der Waals surface area contributed by atoms with E-state index in [2.05, 4.69) is 10.5 Å². The zero-order chi connectivity index (χ0) is 15.6. The van der Waals surface area contributed by atoms with Gasteiger partial charge < -0.3 is 10.3 Å². The summed E-state index contributed by atoms with van der Waals surface area (Å²) < 4.78 is 5.16. The van der Waals surface area contributed by atoms with Gasteiger partial charge in [0.2, 0.25) is 11.8 Å². The third-order valence-electron chi connectivity index (χ3n) is 3.91. The highest BCUT2D eigenvalue weighted by Crippen LogP contribution is 2.34. The van der Waals surface area contributed by atoms with Gasteiger partial charge in [0.05, 0.1) is 12.2 Å². The Balaban J connectivity index is 0.00000242. The number of halogens is 1. The second-order valence-corrected chi connectivity index (χ2v) is 6.93. The molecule has 0 aliphatic heterocycles. The fraction of sp³-hybridized carbons (Fsp3) is 0.733. The van der Waals surface area contributed by atoms with Crippen LogP contribution < -0.4 is 11.1 Å². The third kappa shape index (κ3) is 4.97. The van der Waals surface area contributed by atoms with Crippen LogP contribution in [0.4, 0.5) is 5.88 Å². The number of nitrogens with one attached hydrogen (secondary N) is 1. The van der Waals surface area contributed by atoms with Crippen molar-refractivity contribution in [2.75, 3.05) is 25.5 Å². The molecule has 126 valence electrons. The van der Waals surface area contributed by atoms with Crippen molar-refractivity contribution in [1.82, 2.24) is 10.1 Å². The topological polar surface area (TPSA) is 84.4 Å². The Morgan fingerprint density at radius 1 is 1.55 bits per heavy atom. The first-order chi connectivity index (χ1) is 9.81. The van der Waals surface area contributed by atoms with Crippen LogP contribution in [0, 0.1) is 5.92 Å². The van der Waals surface area contributed by atoms with Crippen LogP contribution in [0.25, 0.3) is 0 Å². The van der Waals surface area contributed by atoms with Crippen molar-refractivity contribution in [2.45, 2.75) is 45.1 Å². The summed E-state index contributed by atoms with van der Waals surface area (Å²) in [5, 5.41) is 6.74. The fourth-order valence-corrected chi connectivity index (χ4v) is 2.42. The predicted octanol–water partition coefficient (Wildman–Crippen LogP) is 2.00. The number of carbonyl (C=O) groups excluding carboxylic acids is 1. The molecule has 1 atom stereocenters. The molecule has 1 unspecified atom stereocenters. The molecule has 1 aliphatic carbocycles. The molecule has 1 aromatic rings. The zero-order valence-electron chi connectivity index (χ0n) is 13.8. The molecule has 22 heavy (non-hydrogen) atoms. The molecule has 1 heterocycles. The molecule has 2 rings (SSSR count). The quantitative estimate of drug-likeness (QED) is 0.833. The first-order valence-electron chi connectivity index (χ1n) is 7.48. The summed E-state index contributed by atoms with van der Waals surface area (Å²) in [5.74, 6) is 0.938. The zero-order valence-corrected chi connectivity index (χ0v) is 14.6. The molecule has 1 aromatic heterocycles. The normalized spacial score (nSPS) is 16.3. The van der Waals surface area contributed by atoms with Gasteiger partial charge >= 0.3 is 0 Å². The van der Waals surface area contributed by atoms with Crippen molar-refractivity contribution >= 4 is 24.2 Å². The standard InChI is InChI=1S/C15H26N4O2.ClH/c1-15(2,3)12-7-14(21-18-12)17-13(20)9-19(4)11(8-16)10-5-6-10;/h7,10-11H,5-6,8-9,16H2,1-4H3,(H,17,20);1H. The molecule has 1 amide bonds. The lowest BCUT2D eigenvalue weighted by Crippen LogP contribution is -2.43. The van der Waals surface area contributed by atoms with E-state index in [-0.39, 0.29) is 29.8 Å². The van der Waals surface area contributed by atoms with E-state index in [4.69, 9.17) is 10.3 Å². The summed E-state index contributed by atoms with van der Waals surface area (Å²) in [6, 6.07) is 2.06. The number of likely N-dealkylation sites (N-methyl/N-ethyl adjacent to an activating group) is 1. The van der Waals surface area contributed by atoms with Gasteiger partial charge in [-0.3, -0.25) is 15.0 Å². The summed E-state index contributed by atoms with van der Waals surface area (Å²) in [4.78, 5) is 14.1. The van der Waals surface area contributed by atoms with Gasteiger partial charge in [0, 0.05) is 24.1 Å². The van der Waals surface area contributed by atoms with Crippen LogP contribution in [0.5, 0.6) is 0 Å². The Morgan fingerprint density at radius 3 is 2.64 bits per heavy atom. The summed E-state index contributed by atoms with van der Waals surface area (Å²) in [7, 11) is 1.94. The maximum absolute atomic E-state index is 12.1. The Hall–Kier alpha value is -1.11. The molecule has 1 aliphatic rings. The van der Waals surface area contributed by atoms with Crippen LogP contribution in [0.2, 0.25) is 0 Å². The average molecular weight is 331 g/mol. The smallest absolute Gasteiger partial charge is 0.240 e. The van der Waals surface area contributed by atoms with E-state index < -0.39 is 0 Å². The van der Waals surface area contributed by atoms with Gasteiger partial charge in [-0.2, -0.15) is 0 Å². The minimum absolute atomic E-state index is 0. The van der Waals surface area contributed by atoms with Crippen LogP contribution in [0.3, 0.4) is 0 Å². The SMILES string of the molecule is CN(CC(=O)Nc1cc(C(C)(C)C)no1)C(CN)C1CC1.Cl. The van der Waals surface area contributed by atoms with Gasteiger partial charge in [-0.15, -0.1) is 12.4 Å². The van der Waals surface area contributed by atoms with E-state index in [1.165, 1.54) is 12.8 Å². The largest absolute Gasteiger partial charge is 0.338 e. The molecular weight excluding hydrogens is 304 g/mol. The number of amides is 1. The summed E-state index contributed by atoms with van der Waals surface area (Å²) in [6.45, 7) is 7.04. The molecule has 0 spiro atoms. The van der Waals surface area contributed by atoms with Crippen LogP contribution in [0.1, 0.15) is 39.3 Å². The number of anilines is 1. The fourth-order valence-electron chi connectivity index (χ4n) is 2.42. The van der Waals surface area contributed by atoms with Crippen molar-refractivity contribution in [2.24, 2.45) is 11.7 Å². The maximum Gasteiger partial charge on any atom is 0.240 e. The van der Waals surface area contributed by atoms with Gasteiger partial charge in [-0.25, -0.2) is 0 Å². The van der Waals surface area contributed by atoms with Crippen LogP contribution in [0.15, 0.2) is 10.6 Å². The lowest BCUT2D eigenvalue weighted by molar-refractivity contribution is -0.117. The van der Waals surface area contributed by atoms with Gasteiger partial charge in [0.15, 0.2) is 0 Å². The number of hydrogen-bond donors (Lipinski definition) is 2. The van der Waals surface area contributed by atoms with Gasteiger partial charge in [0.1, 0.15) is 0 Å². The third-order valence-corrected chi connectivity index (χ3v) is 3.91. The number of hydrogen-bond acceptors (Lipinski definition) is 5. The number of nitrogens with zero attached hydrogens (tertiary/aromatic N) is 2. The molecule has 7 heteroatoms. The van der Waals surface area contributed by atoms with Crippen molar-refractivity contribution in [1.29, 1.82) is 0 Å². The minimum Gasteiger partial charge on any atom is -0.338 e. The Morgan fingerprint density at radius 2 is 2.18 bits per heavy atom. The molecule has 1 saturated carbocycles. The van der Waals surface area contributed by atoms with Crippen LogP contribution >= 0.6 is 12.4 Å². The first-order valence-corrected chi connectivity index (χ1v) is 7.48. The van der Waals surface area contributed by atoms with E-state index in [9.17, 15) is 4.79 Å². The minimum atomic E-state index is -0.104. The Bertz CT molecular complexity index is 494. The van der Waals surface area contributed by atoms with Gasteiger partial charge in [0.25, 0.3) is 0 Å². The van der Waals surface area contributed by atoms with E-state index in [1.54, 1.807) is 6.07 Å². The monoisotopic (exact) mass is 330 g/mol. The predicted molar refractivity (Wildman–Crippen MR) is 89.3 cm³/mol. The number of carbonyl (C=O) groups is 1. The highest BCUT2D eigenvalue weighted by atomic mass is 35.5. The molecule has 1 fully saturated rings. The van der Waals surface area contributed by atoms with Crippen LogP contribution in [-0.4, -0.2) is 42.1 Å². The number of aromatic nitrogens is 1. The molecule has 0 saturated heterocycles. The average Bonchev–Trinajstić information content (AvgIpc) is 3.07. The summed E-state index contributed by atoms with van der Waals surface area (Å²) >= 11 is 0. The first kappa shape index (κ1) is 18.9. The van der Waals surface area contributed by atoms with E-state index in [1.807, 2.05) is 32.7 Å². The molecule has 6 nitrogen and oxygen atoms in total. The number of rotatable bonds is 6. The van der Waals surface area contributed by atoms with Gasteiger partial charge in [-0.05, 0) is 25.8 Å². The Kier molecular flexibility index (Phi) is 6.40. The lowest BCUT2D eigenvalue weighted by atomic mass is 9.92. The molecule has 0 bridgehead atoms. The second kappa shape index (κ2) is 7.44. The molecule has 3 N–H and O–H groups in total. The van der Waals surface area contributed by atoms with E-state index in [0.717, 1.165) is 5.69 Å². The van der Waals surface area contributed by atoms with Crippen molar-refractivity contribution < 1.29 is 9.32 Å². The Labute approximate surface area is 138 Å². The van der Waals surface area contributed by atoms with Crippen LogP contribution in [-0.2, 0) is 10.2 Å². The summed E-state index contributed by atoms with van der Waals surface area (Å²) in [5.41, 5.74) is 6.52. The highest BCUT2D eigenvalue weighted by Gasteiger charge is 2.33. The molecular formula is C15H27ClN4O2. The number of nitrogens with two attached hydrogens (primary N) is 1. The van der Waals surface area contributed by atoms with Crippen molar-refractivity contribution in [3.63, 3.8) is 0 Å². The second-order valence-electron chi connectivity index (χ2n) is 6.93. The molecule has 0 radical (unpaired) electrons. The lowest BCUT2D eigenvalue weighted by Gasteiger charge is -2.25. The highest BCUT2D eigenvalue weighted by molar-refractivity contribution is 5.91. The van der Waals surface area contributed by atoms with Crippen molar-refractivity contribution in [3.8, 4) is 0 Å². The maximum atomic E-state index is 12.1. The van der Waals surface area contributed by atoms with Crippen molar-refractivity contribution in [3.05, 3.63) is 11.8 Å². The van der Waals surface area contributed by atoms with E-state index >= 15 is 0 Å².